The molecule has 1 aliphatic rings. The Morgan fingerprint density at radius 2 is 2.26 bits per heavy atom. The summed E-state index contributed by atoms with van der Waals surface area (Å²) >= 11 is 0. The van der Waals surface area contributed by atoms with Crippen LogP contribution in [0.3, 0.4) is 0 Å². The Labute approximate surface area is 133 Å². The van der Waals surface area contributed by atoms with E-state index >= 15 is 0 Å². The molecule has 0 aromatic carbocycles. The summed E-state index contributed by atoms with van der Waals surface area (Å²) in [6, 6.07) is 2.01. The van der Waals surface area contributed by atoms with Crippen molar-refractivity contribution < 1.29 is 4.74 Å². The summed E-state index contributed by atoms with van der Waals surface area (Å²) in [7, 11) is 0. The maximum Gasteiger partial charge on any atom is 0.147 e. The third-order valence-electron chi connectivity index (χ3n) is 4.11. The number of aryl methyl sites for hydroxylation is 2. The van der Waals surface area contributed by atoms with Gasteiger partial charge in [0.05, 0.1) is 24.6 Å². The SMILES string of the molecule is Cc1nc(C)n(C[C@H]2CN(c3ncnc4[nH]ccc34)CCO2)n1. The molecule has 8 heteroatoms. The number of nitrogens with one attached hydrogen (secondary N) is 1. The normalized spacial score (nSPS) is 18.7. The Balaban J connectivity index is 1.55. The molecule has 1 fully saturated rings. The van der Waals surface area contributed by atoms with Crippen molar-refractivity contribution in [2.75, 3.05) is 24.6 Å². The van der Waals surface area contributed by atoms with Crippen LogP contribution >= 0.6 is 0 Å². The van der Waals surface area contributed by atoms with Crippen molar-refractivity contribution in [3.05, 3.63) is 30.2 Å². The van der Waals surface area contributed by atoms with E-state index in [1.165, 1.54) is 0 Å². The van der Waals surface area contributed by atoms with Crippen LogP contribution in [-0.2, 0) is 11.3 Å². The molecule has 0 aliphatic carbocycles. The number of ether oxygens (including phenoxy) is 1. The largest absolute Gasteiger partial charge is 0.373 e. The number of morpholine rings is 1. The van der Waals surface area contributed by atoms with Gasteiger partial charge in [-0.2, -0.15) is 5.10 Å². The summed E-state index contributed by atoms with van der Waals surface area (Å²) in [6.07, 6.45) is 3.55. The predicted molar refractivity (Wildman–Crippen MR) is 85.3 cm³/mol. The minimum atomic E-state index is 0.0625. The van der Waals surface area contributed by atoms with Gasteiger partial charge < -0.3 is 14.6 Å². The van der Waals surface area contributed by atoms with E-state index in [-0.39, 0.29) is 6.10 Å². The molecule has 1 saturated heterocycles. The molecule has 120 valence electrons. The van der Waals surface area contributed by atoms with E-state index in [0.717, 1.165) is 41.6 Å². The Kier molecular flexibility index (Phi) is 3.45. The quantitative estimate of drug-likeness (QED) is 0.778. The Bertz CT molecular complexity index is 824. The van der Waals surface area contributed by atoms with Crippen molar-refractivity contribution in [1.29, 1.82) is 0 Å². The first-order chi connectivity index (χ1) is 11.2. The molecule has 0 unspecified atom stereocenters. The van der Waals surface area contributed by atoms with Crippen LogP contribution in [0.1, 0.15) is 11.6 Å². The van der Waals surface area contributed by atoms with E-state index in [2.05, 4.69) is 29.9 Å². The second kappa shape index (κ2) is 5.62. The summed E-state index contributed by atoms with van der Waals surface area (Å²) in [5, 5.41) is 5.46. The predicted octanol–water partition coefficient (Wildman–Crippen LogP) is 1.07. The van der Waals surface area contributed by atoms with E-state index in [4.69, 9.17) is 4.74 Å². The number of fused-ring (bicyclic) bond motifs is 1. The lowest BCUT2D eigenvalue weighted by atomic mass is 10.2. The Morgan fingerprint density at radius 1 is 1.35 bits per heavy atom. The highest BCUT2D eigenvalue weighted by Gasteiger charge is 2.24. The number of nitrogens with zero attached hydrogens (tertiary/aromatic N) is 6. The smallest absolute Gasteiger partial charge is 0.147 e. The molecule has 0 amide bonds. The molecule has 4 heterocycles. The highest BCUT2D eigenvalue weighted by atomic mass is 16.5. The van der Waals surface area contributed by atoms with E-state index in [1.807, 2.05) is 30.8 Å². The molecule has 1 aliphatic heterocycles. The van der Waals surface area contributed by atoms with E-state index in [9.17, 15) is 0 Å². The van der Waals surface area contributed by atoms with Crippen molar-refractivity contribution in [2.45, 2.75) is 26.5 Å². The first-order valence-corrected chi connectivity index (χ1v) is 7.73. The van der Waals surface area contributed by atoms with Crippen LogP contribution in [0.5, 0.6) is 0 Å². The molecule has 0 radical (unpaired) electrons. The zero-order chi connectivity index (χ0) is 15.8. The van der Waals surface area contributed by atoms with Crippen LogP contribution in [0.25, 0.3) is 11.0 Å². The van der Waals surface area contributed by atoms with E-state index in [0.29, 0.717) is 13.2 Å². The number of hydrogen-bond acceptors (Lipinski definition) is 6. The van der Waals surface area contributed by atoms with E-state index < -0.39 is 0 Å². The lowest BCUT2D eigenvalue weighted by Crippen LogP contribution is -2.45. The Morgan fingerprint density at radius 3 is 3.09 bits per heavy atom. The fourth-order valence-electron chi connectivity index (χ4n) is 3.06. The van der Waals surface area contributed by atoms with Gasteiger partial charge >= 0.3 is 0 Å². The molecule has 4 rings (SSSR count). The second-order valence-electron chi connectivity index (χ2n) is 5.76. The van der Waals surface area contributed by atoms with Gasteiger partial charge in [-0.3, -0.25) is 0 Å². The molecular formula is C15H19N7O. The first kappa shape index (κ1) is 14.1. The van der Waals surface area contributed by atoms with Crippen molar-refractivity contribution in [3.8, 4) is 0 Å². The highest BCUT2D eigenvalue weighted by molar-refractivity contribution is 5.87. The molecule has 3 aromatic heterocycles. The van der Waals surface area contributed by atoms with Gasteiger partial charge in [0.15, 0.2) is 0 Å². The standard InChI is InChI=1S/C15H19N7O/c1-10-19-11(2)22(20-10)8-12-7-21(5-6-23-12)15-13-3-4-16-14(13)17-9-18-15/h3-4,9,12H,5-8H2,1-2H3,(H,16,17,18)/t12-/m1/s1. The lowest BCUT2D eigenvalue weighted by molar-refractivity contribution is 0.0268. The van der Waals surface area contributed by atoms with Gasteiger partial charge in [0.2, 0.25) is 0 Å². The van der Waals surface area contributed by atoms with Gasteiger partial charge in [0, 0.05) is 19.3 Å². The highest BCUT2D eigenvalue weighted by Crippen LogP contribution is 2.24. The van der Waals surface area contributed by atoms with Crippen LogP contribution in [-0.4, -0.2) is 55.5 Å². The third kappa shape index (κ3) is 2.65. The Hall–Kier alpha value is -2.48. The molecule has 0 spiro atoms. The summed E-state index contributed by atoms with van der Waals surface area (Å²) in [5.74, 6) is 2.66. The number of aromatic nitrogens is 6. The van der Waals surface area contributed by atoms with Crippen molar-refractivity contribution in [3.63, 3.8) is 0 Å². The molecule has 3 aromatic rings. The van der Waals surface area contributed by atoms with Crippen LogP contribution in [0.4, 0.5) is 5.82 Å². The van der Waals surface area contributed by atoms with Gasteiger partial charge in [-0.05, 0) is 19.9 Å². The van der Waals surface area contributed by atoms with Gasteiger partial charge in [-0.25, -0.2) is 19.6 Å². The lowest BCUT2D eigenvalue weighted by Gasteiger charge is -2.34. The number of rotatable bonds is 3. The molecule has 1 atom stereocenters. The van der Waals surface area contributed by atoms with Crippen molar-refractivity contribution in [1.82, 2.24) is 29.7 Å². The van der Waals surface area contributed by atoms with Gasteiger partial charge in [-0.1, -0.05) is 0 Å². The van der Waals surface area contributed by atoms with Gasteiger partial charge in [0.25, 0.3) is 0 Å². The average molecular weight is 313 g/mol. The minimum absolute atomic E-state index is 0.0625. The van der Waals surface area contributed by atoms with Gasteiger partial charge in [0.1, 0.15) is 29.4 Å². The molecular weight excluding hydrogens is 294 g/mol. The van der Waals surface area contributed by atoms with Crippen LogP contribution in [0.15, 0.2) is 18.6 Å². The zero-order valence-corrected chi connectivity index (χ0v) is 13.2. The number of H-pyrrole nitrogens is 1. The first-order valence-electron chi connectivity index (χ1n) is 7.73. The molecule has 0 saturated carbocycles. The second-order valence-corrected chi connectivity index (χ2v) is 5.76. The van der Waals surface area contributed by atoms with Crippen LogP contribution < -0.4 is 4.90 Å². The molecule has 23 heavy (non-hydrogen) atoms. The zero-order valence-electron chi connectivity index (χ0n) is 13.2. The van der Waals surface area contributed by atoms with Crippen LogP contribution in [0.2, 0.25) is 0 Å². The number of hydrogen-bond donors (Lipinski definition) is 1. The summed E-state index contributed by atoms with van der Waals surface area (Å²) in [5.41, 5.74) is 0.862. The van der Waals surface area contributed by atoms with Crippen molar-refractivity contribution >= 4 is 16.9 Å². The molecule has 8 nitrogen and oxygen atoms in total. The minimum Gasteiger partial charge on any atom is -0.373 e. The maximum absolute atomic E-state index is 5.91. The fraction of sp³-hybridized carbons (Fsp3) is 0.467. The third-order valence-corrected chi connectivity index (χ3v) is 4.11. The maximum atomic E-state index is 5.91. The van der Waals surface area contributed by atoms with E-state index in [1.54, 1.807) is 6.33 Å². The molecule has 0 bridgehead atoms. The fourth-order valence-corrected chi connectivity index (χ4v) is 3.06. The number of anilines is 1. The molecule has 1 N–H and O–H groups in total. The number of aromatic amines is 1. The van der Waals surface area contributed by atoms with Gasteiger partial charge in [-0.15, -0.1) is 0 Å². The monoisotopic (exact) mass is 313 g/mol. The van der Waals surface area contributed by atoms with Crippen LogP contribution in [0, 0.1) is 13.8 Å². The summed E-state index contributed by atoms with van der Waals surface area (Å²) < 4.78 is 7.82. The topological polar surface area (TPSA) is 84.8 Å². The summed E-state index contributed by atoms with van der Waals surface area (Å²) in [4.78, 5) is 18.5. The average Bonchev–Trinajstić information content (AvgIpc) is 3.14. The summed E-state index contributed by atoms with van der Waals surface area (Å²) in [6.45, 7) is 6.84. The van der Waals surface area contributed by atoms with Crippen molar-refractivity contribution in [2.24, 2.45) is 0 Å².